The zero-order valence-corrected chi connectivity index (χ0v) is 8.94. The lowest BCUT2D eigenvalue weighted by Crippen LogP contribution is -2.26. The zero-order valence-electron chi connectivity index (χ0n) is 8.94. The molecule has 0 saturated heterocycles. The Labute approximate surface area is 88.3 Å². The normalized spacial score (nSPS) is 14.0. The van der Waals surface area contributed by atoms with Crippen molar-refractivity contribution in [1.29, 1.82) is 5.26 Å². The van der Waals surface area contributed by atoms with Gasteiger partial charge in [0.2, 0.25) is 0 Å². The predicted molar refractivity (Wildman–Crippen MR) is 51.5 cm³/mol. The number of esters is 2. The van der Waals surface area contributed by atoms with Crippen LogP contribution < -0.4 is 0 Å². The molecule has 0 aliphatic carbocycles. The van der Waals surface area contributed by atoms with Gasteiger partial charge in [-0.3, -0.25) is 0 Å². The summed E-state index contributed by atoms with van der Waals surface area (Å²) >= 11 is 0. The first-order valence-corrected chi connectivity index (χ1v) is 4.35. The molecule has 0 aromatic rings. The Morgan fingerprint density at radius 1 is 1.53 bits per heavy atom. The maximum atomic E-state index is 11.3. The SMILES string of the molecule is CCOC(=O)C(C)(C#N)/C=C/C(=O)OC. The van der Waals surface area contributed by atoms with Crippen LogP contribution in [-0.2, 0) is 19.1 Å². The van der Waals surface area contributed by atoms with Gasteiger partial charge in [-0.05, 0) is 19.9 Å². The van der Waals surface area contributed by atoms with Gasteiger partial charge in [0.1, 0.15) is 0 Å². The fourth-order valence-corrected chi connectivity index (χ4v) is 0.735. The molecule has 0 aromatic carbocycles. The van der Waals surface area contributed by atoms with Gasteiger partial charge in [-0.15, -0.1) is 0 Å². The lowest BCUT2D eigenvalue weighted by Gasteiger charge is -2.14. The van der Waals surface area contributed by atoms with Gasteiger partial charge in [0, 0.05) is 6.08 Å². The first-order valence-electron chi connectivity index (χ1n) is 4.35. The topological polar surface area (TPSA) is 76.4 Å². The molecule has 0 rings (SSSR count). The molecule has 0 heterocycles. The largest absolute Gasteiger partial charge is 0.466 e. The summed E-state index contributed by atoms with van der Waals surface area (Å²) < 4.78 is 9.04. The molecule has 0 aliphatic heterocycles. The lowest BCUT2D eigenvalue weighted by atomic mass is 9.92. The van der Waals surface area contributed by atoms with Crippen molar-refractivity contribution in [2.24, 2.45) is 5.41 Å². The molecular formula is C10H13NO4. The Morgan fingerprint density at radius 3 is 2.53 bits per heavy atom. The van der Waals surface area contributed by atoms with Crippen LogP contribution in [0.15, 0.2) is 12.2 Å². The molecule has 82 valence electrons. The Hall–Kier alpha value is -1.83. The molecule has 15 heavy (non-hydrogen) atoms. The molecule has 0 saturated carbocycles. The number of hydrogen-bond acceptors (Lipinski definition) is 5. The highest BCUT2D eigenvalue weighted by atomic mass is 16.5. The number of nitrogens with zero attached hydrogens (tertiary/aromatic N) is 1. The summed E-state index contributed by atoms with van der Waals surface area (Å²) in [6.45, 7) is 3.19. The van der Waals surface area contributed by atoms with E-state index < -0.39 is 17.4 Å². The second kappa shape index (κ2) is 5.81. The van der Waals surface area contributed by atoms with E-state index in [4.69, 9.17) is 10.00 Å². The minimum absolute atomic E-state index is 0.183. The first kappa shape index (κ1) is 13.2. The van der Waals surface area contributed by atoms with Crippen LogP contribution in [0.4, 0.5) is 0 Å². The number of carbonyl (C=O) groups excluding carboxylic acids is 2. The Morgan fingerprint density at radius 2 is 2.13 bits per heavy atom. The van der Waals surface area contributed by atoms with Crippen molar-refractivity contribution in [3.05, 3.63) is 12.2 Å². The molecule has 1 atom stereocenters. The first-order chi connectivity index (χ1) is 7.00. The van der Waals surface area contributed by atoms with Gasteiger partial charge in [0.05, 0.1) is 19.8 Å². The fraction of sp³-hybridized carbons (Fsp3) is 0.500. The van der Waals surface area contributed by atoms with E-state index in [1.165, 1.54) is 14.0 Å². The van der Waals surface area contributed by atoms with Crippen molar-refractivity contribution in [1.82, 2.24) is 0 Å². The summed E-state index contributed by atoms with van der Waals surface area (Å²) in [5.74, 6) is -1.31. The fourth-order valence-electron chi connectivity index (χ4n) is 0.735. The van der Waals surface area contributed by atoms with Gasteiger partial charge in [-0.1, -0.05) is 0 Å². The summed E-state index contributed by atoms with van der Waals surface area (Å²) in [7, 11) is 1.21. The average molecular weight is 211 g/mol. The molecule has 0 radical (unpaired) electrons. The summed E-state index contributed by atoms with van der Waals surface area (Å²) in [6.07, 6.45) is 2.19. The van der Waals surface area contributed by atoms with Crippen molar-refractivity contribution in [3.63, 3.8) is 0 Å². The highest BCUT2D eigenvalue weighted by molar-refractivity contribution is 5.86. The third kappa shape index (κ3) is 3.81. The minimum Gasteiger partial charge on any atom is -0.466 e. The standard InChI is InChI=1S/C10H13NO4/c1-4-15-9(13)10(2,7-11)6-5-8(12)14-3/h5-6H,4H2,1-3H3/b6-5+. The van der Waals surface area contributed by atoms with Gasteiger partial charge in [-0.25, -0.2) is 9.59 Å². The number of ether oxygens (including phenoxy) is 2. The Balaban J connectivity index is 4.73. The van der Waals surface area contributed by atoms with Crippen molar-refractivity contribution < 1.29 is 19.1 Å². The van der Waals surface area contributed by atoms with E-state index in [0.717, 1.165) is 12.2 Å². The number of nitriles is 1. The maximum absolute atomic E-state index is 11.3. The zero-order chi connectivity index (χ0) is 11.9. The molecule has 5 nitrogen and oxygen atoms in total. The van der Waals surface area contributed by atoms with E-state index in [2.05, 4.69) is 4.74 Å². The van der Waals surface area contributed by atoms with E-state index in [0.29, 0.717) is 0 Å². The Bertz CT molecular complexity index is 316. The second-order valence-corrected chi connectivity index (χ2v) is 2.89. The van der Waals surface area contributed by atoms with Crippen LogP contribution >= 0.6 is 0 Å². The van der Waals surface area contributed by atoms with E-state index in [9.17, 15) is 9.59 Å². The van der Waals surface area contributed by atoms with Crippen LogP contribution in [-0.4, -0.2) is 25.7 Å². The van der Waals surface area contributed by atoms with Crippen molar-refractivity contribution in [2.45, 2.75) is 13.8 Å². The van der Waals surface area contributed by atoms with Gasteiger partial charge in [-0.2, -0.15) is 5.26 Å². The summed E-state index contributed by atoms with van der Waals surface area (Å²) in [5.41, 5.74) is -1.45. The van der Waals surface area contributed by atoms with Crippen LogP contribution in [0, 0.1) is 16.7 Å². The van der Waals surface area contributed by atoms with Gasteiger partial charge in [0.15, 0.2) is 5.41 Å². The average Bonchev–Trinajstić information content (AvgIpc) is 2.25. The molecule has 0 N–H and O–H groups in total. The highest BCUT2D eigenvalue weighted by Gasteiger charge is 2.32. The van der Waals surface area contributed by atoms with Gasteiger partial charge in [0.25, 0.3) is 0 Å². The predicted octanol–water partition coefficient (Wildman–Crippen LogP) is 0.809. The molecule has 0 amide bonds. The number of carbonyl (C=O) groups is 2. The second-order valence-electron chi connectivity index (χ2n) is 2.89. The molecule has 0 bridgehead atoms. The number of hydrogen-bond donors (Lipinski definition) is 0. The van der Waals surface area contributed by atoms with Crippen LogP contribution in [0.2, 0.25) is 0 Å². The maximum Gasteiger partial charge on any atom is 0.330 e. The molecule has 1 unspecified atom stereocenters. The smallest absolute Gasteiger partial charge is 0.330 e. The van der Waals surface area contributed by atoms with Crippen molar-refractivity contribution in [3.8, 4) is 6.07 Å². The summed E-state index contributed by atoms with van der Waals surface area (Å²) in [4.78, 5) is 22.1. The third-order valence-corrected chi connectivity index (χ3v) is 1.69. The van der Waals surface area contributed by atoms with Crippen LogP contribution in [0.5, 0.6) is 0 Å². The summed E-state index contributed by atoms with van der Waals surface area (Å²) in [6, 6.07) is 1.77. The van der Waals surface area contributed by atoms with E-state index >= 15 is 0 Å². The van der Waals surface area contributed by atoms with Crippen molar-refractivity contribution in [2.75, 3.05) is 13.7 Å². The molecule has 0 aliphatic rings. The summed E-state index contributed by atoms with van der Waals surface area (Å²) in [5, 5.41) is 8.81. The molecule has 5 heteroatoms. The number of methoxy groups -OCH3 is 1. The lowest BCUT2D eigenvalue weighted by molar-refractivity contribution is -0.148. The van der Waals surface area contributed by atoms with Crippen LogP contribution in [0.25, 0.3) is 0 Å². The van der Waals surface area contributed by atoms with Crippen molar-refractivity contribution >= 4 is 11.9 Å². The third-order valence-electron chi connectivity index (χ3n) is 1.69. The van der Waals surface area contributed by atoms with Gasteiger partial charge < -0.3 is 9.47 Å². The van der Waals surface area contributed by atoms with E-state index in [1.54, 1.807) is 13.0 Å². The van der Waals surface area contributed by atoms with Crippen LogP contribution in [0.1, 0.15) is 13.8 Å². The quantitative estimate of drug-likeness (QED) is 0.508. The molecule has 0 fully saturated rings. The van der Waals surface area contributed by atoms with E-state index in [-0.39, 0.29) is 6.61 Å². The van der Waals surface area contributed by atoms with Crippen LogP contribution in [0.3, 0.4) is 0 Å². The monoisotopic (exact) mass is 211 g/mol. The van der Waals surface area contributed by atoms with Gasteiger partial charge >= 0.3 is 11.9 Å². The molecule has 0 spiro atoms. The molecule has 0 aromatic heterocycles. The Kier molecular flexibility index (Phi) is 5.10. The number of rotatable bonds is 4. The van der Waals surface area contributed by atoms with E-state index in [1.807, 2.05) is 0 Å². The minimum atomic E-state index is -1.45. The highest BCUT2D eigenvalue weighted by Crippen LogP contribution is 2.19. The molecular weight excluding hydrogens is 198 g/mol.